The second-order valence-electron chi connectivity index (χ2n) is 4.30. The third-order valence-corrected chi connectivity index (χ3v) is 3.68. The Morgan fingerprint density at radius 3 is 2.62 bits per heavy atom. The van der Waals surface area contributed by atoms with Gasteiger partial charge in [-0.3, -0.25) is 9.59 Å². The Morgan fingerprint density at radius 1 is 1.19 bits per heavy atom. The number of ether oxygens (including phenoxy) is 1. The highest BCUT2D eigenvalue weighted by molar-refractivity contribution is 7.12. The molecule has 1 aromatic carbocycles. The zero-order chi connectivity index (χ0) is 15.1. The van der Waals surface area contributed by atoms with Crippen LogP contribution in [0.25, 0.3) is 0 Å². The van der Waals surface area contributed by atoms with E-state index >= 15 is 0 Å². The number of thiophene rings is 1. The minimum absolute atomic E-state index is 0.0497. The van der Waals surface area contributed by atoms with Crippen LogP contribution < -0.4 is 15.4 Å². The number of hydrogen-bond acceptors (Lipinski definition) is 4. The molecular formula is C15H16N2O3S. The molecule has 2 amide bonds. The van der Waals surface area contributed by atoms with Gasteiger partial charge in [0.2, 0.25) is 5.91 Å². The summed E-state index contributed by atoms with van der Waals surface area (Å²) < 4.78 is 5.01. The second-order valence-corrected chi connectivity index (χ2v) is 5.21. The number of carbonyl (C=O) groups excluding carboxylic acids is 2. The molecule has 0 aliphatic rings. The van der Waals surface area contributed by atoms with E-state index in [0.717, 1.165) is 5.56 Å². The van der Waals surface area contributed by atoms with Crippen LogP contribution in [0.3, 0.4) is 0 Å². The maximum atomic E-state index is 11.8. The van der Waals surface area contributed by atoms with Crippen molar-refractivity contribution in [2.24, 2.45) is 0 Å². The largest absolute Gasteiger partial charge is 0.496 e. The molecule has 0 spiro atoms. The Hall–Kier alpha value is -2.34. The van der Waals surface area contributed by atoms with Gasteiger partial charge in [-0.25, -0.2) is 0 Å². The van der Waals surface area contributed by atoms with Crippen molar-refractivity contribution in [1.29, 1.82) is 0 Å². The van der Waals surface area contributed by atoms with E-state index in [1.165, 1.54) is 11.3 Å². The molecule has 0 bridgehead atoms. The van der Waals surface area contributed by atoms with Crippen LogP contribution in [-0.2, 0) is 11.3 Å². The molecule has 2 rings (SSSR count). The van der Waals surface area contributed by atoms with Gasteiger partial charge in [0.05, 0.1) is 18.5 Å². The van der Waals surface area contributed by atoms with Crippen molar-refractivity contribution >= 4 is 23.2 Å². The van der Waals surface area contributed by atoms with Crippen molar-refractivity contribution in [3.05, 3.63) is 52.2 Å². The molecule has 0 radical (unpaired) electrons. The number of amides is 2. The van der Waals surface area contributed by atoms with Crippen LogP contribution in [0.15, 0.2) is 41.8 Å². The van der Waals surface area contributed by atoms with Crippen LogP contribution in [0.1, 0.15) is 15.2 Å². The van der Waals surface area contributed by atoms with E-state index in [1.807, 2.05) is 30.3 Å². The highest BCUT2D eigenvalue weighted by atomic mass is 32.1. The molecule has 0 saturated heterocycles. The molecule has 0 aliphatic carbocycles. The summed E-state index contributed by atoms with van der Waals surface area (Å²) >= 11 is 1.28. The highest BCUT2D eigenvalue weighted by Gasteiger charge is 2.10. The Balaban J connectivity index is 1.74. The van der Waals surface area contributed by atoms with Gasteiger partial charge in [-0.2, -0.15) is 0 Å². The fourth-order valence-electron chi connectivity index (χ4n) is 1.65. The van der Waals surface area contributed by atoms with Crippen LogP contribution >= 0.6 is 11.3 Å². The normalized spacial score (nSPS) is 9.95. The Morgan fingerprint density at radius 2 is 1.95 bits per heavy atom. The van der Waals surface area contributed by atoms with Crippen molar-refractivity contribution < 1.29 is 14.3 Å². The van der Waals surface area contributed by atoms with Crippen molar-refractivity contribution in [2.45, 2.75) is 6.54 Å². The van der Waals surface area contributed by atoms with Crippen LogP contribution in [0.4, 0.5) is 0 Å². The zero-order valence-electron chi connectivity index (χ0n) is 11.6. The molecule has 0 aliphatic heterocycles. The van der Waals surface area contributed by atoms with Gasteiger partial charge >= 0.3 is 0 Å². The molecule has 21 heavy (non-hydrogen) atoms. The second kappa shape index (κ2) is 7.44. The van der Waals surface area contributed by atoms with E-state index in [1.54, 1.807) is 18.6 Å². The van der Waals surface area contributed by atoms with E-state index in [9.17, 15) is 9.59 Å². The predicted octanol–water partition coefficient (Wildman–Crippen LogP) is 1.80. The SMILES string of the molecule is COc1csc(C(=O)NCC(=O)NCc2ccccc2)c1. The lowest BCUT2D eigenvalue weighted by molar-refractivity contribution is -0.120. The van der Waals surface area contributed by atoms with E-state index in [4.69, 9.17) is 4.74 Å². The van der Waals surface area contributed by atoms with E-state index in [0.29, 0.717) is 17.2 Å². The Kier molecular flexibility index (Phi) is 5.34. The first-order valence-electron chi connectivity index (χ1n) is 6.40. The van der Waals surface area contributed by atoms with Crippen LogP contribution in [0.5, 0.6) is 5.75 Å². The summed E-state index contributed by atoms with van der Waals surface area (Å²) in [5.41, 5.74) is 1.01. The molecule has 2 aromatic rings. The monoisotopic (exact) mass is 304 g/mol. The summed E-state index contributed by atoms with van der Waals surface area (Å²) in [5.74, 6) is 0.132. The minimum Gasteiger partial charge on any atom is -0.496 e. The molecule has 0 saturated carbocycles. The molecule has 5 nitrogen and oxygen atoms in total. The lowest BCUT2D eigenvalue weighted by Crippen LogP contribution is -2.36. The van der Waals surface area contributed by atoms with Crippen LogP contribution in [-0.4, -0.2) is 25.5 Å². The van der Waals surface area contributed by atoms with Crippen molar-refractivity contribution in [3.8, 4) is 5.75 Å². The van der Waals surface area contributed by atoms with Gasteiger partial charge in [-0.1, -0.05) is 30.3 Å². The first kappa shape index (κ1) is 15.1. The fraction of sp³-hybridized carbons (Fsp3) is 0.200. The van der Waals surface area contributed by atoms with Crippen molar-refractivity contribution in [2.75, 3.05) is 13.7 Å². The van der Waals surface area contributed by atoms with Gasteiger partial charge in [0.1, 0.15) is 5.75 Å². The van der Waals surface area contributed by atoms with Crippen molar-refractivity contribution in [3.63, 3.8) is 0 Å². The lowest BCUT2D eigenvalue weighted by Gasteiger charge is -2.06. The minimum atomic E-state index is -0.279. The number of methoxy groups -OCH3 is 1. The Bertz CT molecular complexity index is 610. The average Bonchev–Trinajstić information content (AvgIpc) is 3.00. The smallest absolute Gasteiger partial charge is 0.261 e. The van der Waals surface area contributed by atoms with Gasteiger partial charge in [0.15, 0.2) is 0 Å². The molecule has 0 unspecified atom stereocenters. The van der Waals surface area contributed by atoms with Crippen LogP contribution in [0, 0.1) is 0 Å². The van der Waals surface area contributed by atoms with E-state index < -0.39 is 0 Å². The first-order chi connectivity index (χ1) is 10.2. The molecule has 2 N–H and O–H groups in total. The summed E-state index contributed by atoms with van der Waals surface area (Å²) in [5, 5.41) is 7.06. The van der Waals surface area contributed by atoms with Crippen LogP contribution in [0.2, 0.25) is 0 Å². The van der Waals surface area contributed by atoms with Gasteiger partial charge in [0, 0.05) is 18.0 Å². The molecule has 0 atom stereocenters. The summed E-state index contributed by atoms with van der Waals surface area (Å²) in [6.45, 7) is 0.397. The number of hydrogen-bond donors (Lipinski definition) is 2. The van der Waals surface area contributed by atoms with E-state index in [2.05, 4.69) is 10.6 Å². The first-order valence-corrected chi connectivity index (χ1v) is 7.28. The summed E-state index contributed by atoms with van der Waals surface area (Å²) in [6, 6.07) is 11.2. The number of benzene rings is 1. The lowest BCUT2D eigenvalue weighted by atomic mass is 10.2. The third-order valence-electron chi connectivity index (χ3n) is 2.78. The number of rotatable bonds is 6. The van der Waals surface area contributed by atoms with Gasteiger partial charge < -0.3 is 15.4 Å². The zero-order valence-corrected chi connectivity index (χ0v) is 12.4. The molecule has 0 fully saturated rings. The van der Waals surface area contributed by atoms with E-state index in [-0.39, 0.29) is 18.4 Å². The summed E-state index contributed by atoms with van der Waals surface area (Å²) in [6.07, 6.45) is 0. The average molecular weight is 304 g/mol. The topological polar surface area (TPSA) is 67.4 Å². The molecule has 1 aromatic heterocycles. The molecular weight excluding hydrogens is 288 g/mol. The maximum absolute atomic E-state index is 11.8. The van der Waals surface area contributed by atoms with Gasteiger partial charge in [0.25, 0.3) is 5.91 Å². The number of nitrogens with one attached hydrogen (secondary N) is 2. The summed E-state index contributed by atoms with van der Waals surface area (Å²) in [4.78, 5) is 24.0. The Labute approximate surface area is 126 Å². The third kappa shape index (κ3) is 4.61. The fourth-order valence-corrected chi connectivity index (χ4v) is 2.42. The highest BCUT2D eigenvalue weighted by Crippen LogP contribution is 2.20. The standard InChI is InChI=1S/C15H16N2O3S/c1-20-12-7-13(21-10-12)15(19)17-9-14(18)16-8-11-5-3-2-4-6-11/h2-7,10H,8-9H2,1H3,(H,16,18)(H,17,19). The maximum Gasteiger partial charge on any atom is 0.261 e. The van der Waals surface area contributed by atoms with Gasteiger partial charge in [-0.05, 0) is 5.56 Å². The summed E-state index contributed by atoms with van der Waals surface area (Å²) in [7, 11) is 1.54. The number of carbonyl (C=O) groups is 2. The van der Waals surface area contributed by atoms with Crippen molar-refractivity contribution in [1.82, 2.24) is 10.6 Å². The molecule has 110 valence electrons. The quantitative estimate of drug-likeness (QED) is 0.855. The predicted molar refractivity (Wildman–Crippen MR) is 81.5 cm³/mol. The molecule has 6 heteroatoms. The molecule has 1 heterocycles. The van der Waals surface area contributed by atoms with Gasteiger partial charge in [-0.15, -0.1) is 11.3 Å².